The van der Waals surface area contributed by atoms with Crippen molar-refractivity contribution in [1.29, 1.82) is 0 Å². The summed E-state index contributed by atoms with van der Waals surface area (Å²) in [6.45, 7) is 0.485. The molecule has 0 saturated carbocycles. The minimum atomic E-state index is -0.0599. The zero-order valence-corrected chi connectivity index (χ0v) is 5.06. The Labute approximate surface area is 52.9 Å². The molecule has 0 bridgehead atoms. The molecule has 8 heavy (non-hydrogen) atoms. The van der Waals surface area contributed by atoms with Gasteiger partial charge in [-0.25, -0.2) is 0 Å². The highest BCUT2D eigenvalue weighted by molar-refractivity contribution is 7.77. The van der Waals surface area contributed by atoms with Crippen molar-refractivity contribution in [3.05, 3.63) is 12.3 Å². The SMILES string of the molecule is O=C1C=CN(S)CN1. The molecule has 1 aliphatic heterocycles. The van der Waals surface area contributed by atoms with E-state index >= 15 is 0 Å². The van der Waals surface area contributed by atoms with Crippen LogP contribution < -0.4 is 5.32 Å². The van der Waals surface area contributed by atoms with E-state index in [9.17, 15) is 4.79 Å². The van der Waals surface area contributed by atoms with E-state index in [-0.39, 0.29) is 5.91 Å². The summed E-state index contributed by atoms with van der Waals surface area (Å²) >= 11 is 3.93. The first-order chi connectivity index (χ1) is 3.79. The lowest BCUT2D eigenvalue weighted by atomic mass is 10.5. The lowest BCUT2D eigenvalue weighted by Crippen LogP contribution is -2.33. The van der Waals surface area contributed by atoms with Crippen LogP contribution in [0.15, 0.2) is 12.3 Å². The van der Waals surface area contributed by atoms with E-state index in [0.29, 0.717) is 6.67 Å². The Kier molecular flexibility index (Phi) is 1.43. The molecule has 1 aliphatic rings. The topological polar surface area (TPSA) is 32.3 Å². The van der Waals surface area contributed by atoms with E-state index in [1.165, 1.54) is 6.08 Å². The third-order valence-electron chi connectivity index (χ3n) is 0.813. The van der Waals surface area contributed by atoms with Gasteiger partial charge >= 0.3 is 0 Å². The van der Waals surface area contributed by atoms with Crippen LogP contribution in [0, 0.1) is 0 Å². The molecule has 1 amide bonds. The molecule has 1 N–H and O–H groups in total. The van der Waals surface area contributed by atoms with Gasteiger partial charge in [0.2, 0.25) is 5.91 Å². The van der Waals surface area contributed by atoms with Crippen molar-refractivity contribution in [1.82, 2.24) is 9.62 Å². The Morgan fingerprint density at radius 3 is 3.00 bits per heavy atom. The van der Waals surface area contributed by atoms with Crippen LogP contribution in [0.25, 0.3) is 0 Å². The van der Waals surface area contributed by atoms with E-state index in [0.717, 1.165) is 0 Å². The quantitative estimate of drug-likeness (QED) is 0.443. The molecule has 0 atom stereocenters. The summed E-state index contributed by atoms with van der Waals surface area (Å²) in [5.41, 5.74) is 0. The fourth-order valence-electron chi connectivity index (χ4n) is 0.424. The molecule has 1 rings (SSSR count). The van der Waals surface area contributed by atoms with Crippen molar-refractivity contribution >= 4 is 18.7 Å². The van der Waals surface area contributed by atoms with Gasteiger partial charge in [-0.2, -0.15) is 0 Å². The molecule has 0 spiro atoms. The molecule has 0 aromatic heterocycles. The van der Waals surface area contributed by atoms with E-state index in [4.69, 9.17) is 0 Å². The van der Waals surface area contributed by atoms with Crippen LogP contribution in [0.4, 0.5) is 0 Å². The Balaban J connectivity index is 2.55. The van der Waals surface area contributed by atoms with Crippen LogP contribution in [0.5, 0.6) is 0 Å². The normalized spacial score (nSPS) is 18.6. The molecule has 0 saturated heterocycles. The average molecular weight is 130 g/mol. The maximum absolute atomic E-state index is 10.4. The van der Waals surface area contributed by atoms with Crippen molar-refractivity contribution in [2.24, 2.45) is 0 Å². The number of thiol groups is 1. The molecule has 0 radical (unpaired) electrons. The largest absolute Gasteiger partial charge is 0.334 e. The van der Waals surface area contributed by atoms with Crippen molar-refractivity contribution in [2.45, 2.75) is 0 Å². The summed E-state index contributed by atoms with van der Waals surface area (Å²) in [4.78, 5) is 10.4. The number of carbonyl (C=O) groups excluding carboxylic acids is 1. The van der Waals surface area contributed by atoms with Crippen molar-refractivity contribution < 1.29 is 4.79 Å². The second-order valence-electron chi connectivity index (χ2n) is 1.45. The Morgan fingerprint density at radius 1 is 1.88 bits per heavy atom. The van der Waals surface area contributed by atoms with E-state index in [1.54, 1.807) is 10.5 Å². The number of rotatable bonds is 0. The summed E-state index contributed by atoms with van der Waals surface area (Å²) in [7, 11) is 0. The highest BCUT2D eigenvalue weighted by Crippen LogP contribution is 1.95. The second kappa shape index (κ2) is 2.09. The highest BCUT2D eigenvalue weighted by Gasteiger charge is 2.01. The monoisotopic (exact) mass is 130 g/mol. The van der Waals surface area contributed by atoms with Crippen molar-refractivity contribution in [3.63, 3.8) is 0 Å². The first-order valence-electron chi connectivity index (χ1n) is 2.20. The molecule has 0 aromatic carbocycles. The zero-order valence-electron chi connectivity index (χ0n) is 4.16. The lowest BCUT2D eigenvalue weighted by molar-refractivity contribution is -0.117. The highest BCUT2D eigenvalue weighted by atomic mass is 32.1. The number of nitrogens with zero attached hydrogens (tertiary/aromatic N) is 1. The fourth-order valence-corrected chi connectivity index (χ4v) is 0.562. The Hall–Kier alpha value is -0.640. The van der Waals surface area contributed by atoms with Crippen LogP contribution in [0.2, 0.25) is 0 Å². The number of amides is 1. The summed E-state index contributed by atoms with van der Waals surface area (Å²) in [6, 6.07) is 0. The van der Waals surface area contributed by atoms with E-state index in [1.807, 2.05) is 0 Å². The van der Waals surface area contributed by atoms with Gasteiger partial charge in [0.05, 0.1) is 0 Å². The van der Waals surface area contributed by atoms with Gasteiger partial charge in [0.15, 0.2) is 0 Å². The van der Waals surface area contributed by atoms with Gasteiger partial charge in [-0.1, -0.05) is 12.8 Å². The number of hydrogen-bond donors (Lipinski definition) is 2. The van der Waals surface area contributed by atoms with Crippen molar-refractivity contribution in [3.8, 4) is 0 Å². The van der Waals surface area contributed by atoms with Crippen LogP contribution in [0.3, 0.4) is 0 Å². The van der Waals surface area contributed by atoms with Gasteiger partial charge in [0.1, 0.15) is 6.67 Å². The predicted molar refractivity (Wildman–Crippen MR) is 33.0 cm³/mol. The van der Waals surface area contributed by atoms with Gasteiger partial charge < -0.3 is 9.62 Å². The fraction of sp³-hybridized carbons (Fsp3) is 0.250. The summed E-state index contributed by atoms with van der Waals surface area (Å²) in [5.74, 6) is -0.0599. The Morgan fingerprint density at radius 2 is 2.62 bits per heavy atom. The maximum Gasteiger partial charge on any atom is 0.246 e. The molecule has 0 aromatic rings. The molecule has 3 nitrogen and oxygen atoms in total. The number of carbonyl (C=O) groups is 1. The van der Waals surface area contributed by atoms with E-state index < -0.39 is 0 Å². The van der Waals surface area contributed by atoms with Crippen LogP contribution in [0.1, 0.15) is 0 Å². The van der Waals surface area contributed by atoms with Gasteiger partial charge in [0.25, 0.3) is 0 Å². The van der Waals surface area contributed by atoms with Gasteiger partial charge in [0, 0.05) is 12.3 Å². The van der Waals surface area contributed by atoms with Gasteiger partial charge in [-0.3, -0.25) is 4.79 Å². The summed E-state index contributed by atoms with van der Waals surface area (Å²) < 4.78 is 1.58. The van der Waals surface area contributed by atoms with Gasteiger partial charge in [-0.05, 0) is 0 Å². The summed E-state index contributed by atoms with van der Waals surface area (Å²) in [6.07, 6.45) is 3.04. The molecule has 44 valence electrons. The molecular weight excluding hydrogens is 124 g/mol. The third-order valence-corrected chi connectivity index (χ3v) is 1.09. The molecule has 0 unspecified atom stereocenters. The number of nitrogens with one attached hydrogen (secondary N) is 1. The van der Waals surface area contributed by atoms with Crippen LogP contribution in [-0.4, -0.2) is 16.9 Å². The summed E-state index contributed by atoms with van der Waals surface area (Å²) in [5, 5.41) is 2.56. The lowest BCUT2D eigenvalue weighted by Gasteiger charge is -2.15. The number of hydrogen-bond acceptors (Lipinski definition) is 3. The smallest absolute Gasteiger partial charge is 0.246 e. The van der Waals surface area contributed by atoms with Crippen LogP contribution >= 0.6 is 12.8 Å². The van der Waals surface area contributed by atoms with Gasteiger partial charge in [-0.15, -0.1) is 0 Å². The third kappa shape index (κ3) is 1.16. The molecule has 0 aliphatic carbocycles. The predicted octanol–water partition coefficient (Wildman–Crippen LogP) is -0.266. The van der Waals surface area contributed by atoms with Crippen molar-refractivity contribution in [2.75, 3.05) is 6.67 Å². The average Bonchev–Trinajstić information content (AvgIpc) is 1.77. The molecular formula is C4H6N2OS. The maximum atomic E-state index is 10.4. The standard InChI is InChI=1S/C4H6N2OS/c7-4-1-2-6(8)3-5-4/h1-2,8H,3H2,(H,5,7). The molecule has 4 heteroatoms. The Bertz CT molecular complexity index is 134. The molecule has 1 heterocycles. The van der Waals surface area contributed by atoms with Crippen LogP contribution in [-0.2, 0) is 4.79 Å². The van der Waals surface area contributed by atoms with E-state index in [2.05, 4.69) is 18.1 Å². The minimum absolute atomic E-state index is 0.0599. The first kappa shape index (κ1) is 5.50. The second-order valence-corrected chi connectivity index (χ2v) is 1.97. The minimum Gasteiger partial charge on any atom is -0.334 e. The first-order valence-corrected chi connectivity index (χ1v) is 2.60. The zero-order chi connectivity index (χ0) is 5.98. The molecule has 0 fully saturated rings.